The number of phosphoric acid groups is 2. The molecule has 5 atom stereocenters. The molecule has 19 heteroatoms. The first-order chi connectivity index (χ1) is 50.7. The Balaban J connectivity index is 5.44. The Morgan fingerprint density at radius 1 is 0.279 bits per heavy atom. The fourth-order valence-corrected chi connectivity index (χ4v) is 11.3. The van der Waals surface area contributed by atoms with Crippen LogP contribution in [-0.4, -0.2) is 96.7 Å². The summed E-state index contributed by atoms with van der Waals surface area (Å²) < 4.78 is 68.5. The number of unbranched alkanes of at least 4 members (excludes halogenated alkanes) is 18. The molecule has 17 nitrogen and oxygen atoms in total. The van der Waals surface area contributed by atoms with Crippen LogP contribution in [0.25, 0.3) is 0 Å². The zero-order valence-electron chi connectivity index (χ0n) is 64.4. The Morgan fingerprint density at radius 3 is 0.808 bits per heavy atom. The maximum absolute atomic E-state index is 13.1. The summed E-state index contributed by atoms with van der Waals surface area (Å²) in [5.41, 5.74) is 0. The maximum atomic E-state index is 13.1. The van der Waals surface area contributed by atoms with Crippen LogP contribution in [0.2, 0.25) is 0 Å². The van der Waals surface area contributed by atoms with E-state index in [1.165, 1.54) is 12.8 Å². The largest absolute Gasteiger partial charge is 0.472 e. The minimum atomic E-state index is -5.00. The molecular weight excluding hydrogens is 1350 g/mol. The summed E-state index contributed by atoms with van der Waals surface area (Å²) in [6, 6.07) is 0. The average Bonchev–Trinajstić information content (AvgIpc) is 0.928. The van der Waals surface area contributed by atoms with Crippen molar-refractivity contribution in [2.24, 2.45) is 0 Å². The zero-order valence-corrected chi connectivity index (χ0v) is 66.2. The van der Waals surface area contributed by atoms with Crippen LogP contribution < -0.4 is 0 Å². The molecule has 0 aliphatic heterocycles. The smallest absolute Gasteiger partial charge is 0.462 e. The zero-order chi connectivity index (χ0) is 76.0. The highest BCUT2D eigenvalue weighted by Gasteiger charge is 2.30. The fourth-order valence-electron chi connectivity index (χ4n) is 9.74. The molecule has 0 aromatic carbocycles. The Morgan fingerprint density at radius 2 is 0.500 bits per heavy atom. The number of allylic oxidation sites excluding steroid dienone is 28. The third-order valence-corrected chi connectivity index (χ3v) is 17.6. The van der Waals surface area contributed by atoms with Gasteiger partial charge in [-0.3, -0.25) is 37.3 Å². The van der Waals surface area contributed by atoms with Crippen LogP contribution in [-0.2, 0) is 65.4 Å². The molecule has 5 unspecified atom stereocenters. The molecule has 0 heterocycles. The van der Waals surface area contributed by atoms with E-state index in [0.29, 0.717) is 25.7 Å². The van der Waals surface area contributed by atoms with Crippen LogP contribution in [0.15, 0.2) is 170 Å². The highest BCUT2D eigenvalue weighted by molar-refractivity contribution is 7.47. The molecule has 0 amide bonds. The van der Waals surface area contributed by atoms with Crippen LogP contribution in [0.5, 0.6) is 0 Å². The number of carbonyl (C=O) groups excluding carboxylic acids is 4. The highest BCUT2D eigenvalue weighted by Crippen LogP contribution is 2.45. The first kappa shape index (κ1) is 98.4. The summed E-state index contributed by atoms with van der Waals surface area (Å²) in [6.45, 7) is 4.36. The molecule has 0 aliphatic rings. The van der Waals surface area contributed by atoms with Gasteiger partial charge in [-0.2, -0.15) is 0 Å². The molecule has 3 N–H and O–H groups in total. The van der Waals surface area contributed by atoms with Crippen molar-refractivity contribution in [1.82, 2.24) is 0 Å². The van der Waals surface area contributed by atoms with Crippen molar-refractivity contribution in [2.75, 3.05) is 39.6 Å². The van der Waals surface area contributed by atoms with Crippen molar-refractivity contribution in [2.45, 2.75) is 303 Å². The van der Waals surface area contributed by atoms with E-state index in [4.69, 9.17) is 37.0 Å². The monoisotopic (exact) mass is 1490 g/mol. The van der Waals surface area contributed by atoms with Gasteiger partial charge in [0.1, 0.15) is 19.3 Å². The molecule has 0 aromatic heterocycles. The molecule has 0 bridgehead atoms. The summed E-state index contributed by atoms with van der Waals surface area (Å²) in [7, 11) is -9.99. The second-order valence-electron chi connectivity index (χ2n) is 25.5. The minimum Gasteiger partial charge on any atom is -0.462 e. The van der Waals surface area contributed by atoms with Gasteiger partial charge in [-0.25, -0.2) is 9.13 Å². The number of phosphoric ester groups is 2. The Bertz CT molecular complexity index is 2640. The van der Waals surface area contributed by atoms with Crippen molar-refractivity contribution in [3.05, 3.63) is 170 Å². The van der Waals surface area contributed by atoms with Gasteiger partial charge in [0.15, 0.2) is 12.2 Å². The van der Waals surface area contributed by atoms with Gasteiger partial charge in [0.25, 0.3) is 0 Å². The van der Waals surface area contributed by atoms with E-state index in [1.54, 1.807) is 0 Å². The molecule has 104 heavy (non-hydrogen) atoms. The fraction of sp³-hybridized carbons (Fsp3) is 0.624. The highest BCUT2D eigenvalue weighted by atomic mass is 31.2. The summed E-state index contributed by atoms with van der Waals surface area (Å²) in [4.78, 5) is 72.9. The lowest BCUT2D eigenvalue weighted by molar-refractivity contribution is -0.161. The van der Waals surface area contributed by atoms with E-state index in [2.05, 4.69) is 198 Å². The number of ether oxygens (including phenoxy) is 4. The maximum Gasteiger partial charge on any atom is 0.472 e. The van der Waals surface area contributed by atoms with Crippen LogP contribution >= 0.6 is 15.6 Å². The van der Waals surface area contributed by atoms with E-state index < -0.39 is 97.5 Å². The predicted octanol–water partition coefficient (Wildman–Crippen LogP) is 23.0. The summed E-state index contributed by atoms with van der Waals surface area (Å²) in [5, 5.41) is 10.6. The lowest BCUT2D eigenvalue weighted by Crippen LogP contribution is -2.30. The lowest BCUT2D eigenvalue weighted by Gasteiger charge is -2.21. The second-order valence-corrected chi connectivity index (χ2v) is 28.4. The van der Waals surface area contributed by atoms with Gasteiger partial charge in [-0.05, 0) is 167 Å². The minimum absolute atomic E-state index is 0.0636. The number of aliphatic hydroxyl groups excluding tert-OH is 1. The molecule has 0 saturated heterocycles. The number of rotatable bonds is 72. The van der Waals surface area contributed by atoms with E-state index in [9.17, 15) is 43.2 Å². The van der Waals surface area contributed by atoms with Gasteiger partial charge in [0.2, 0.25) is 0 Å². The molecule has 0 spiro atoms. The van der Waals surface area contributed by atoms with Crippen LogP contribution in [0.1, 0.15) is 285 Å². The van der Waals surface area contributed by atoms with Gasteiger partial charge in [0.05, 0.1) is 26.4 Å². The number of hydrogen-bond donors (Lipinski definition) is 3. The van der Waals surface area contributed by atoms with Gasteiger partial charge in [0, 0.05) is 25.7 Å². The summed E-state index contributed by atoms with van der Waals surface area (Å²) in [6.07, 6.45) is 89.2. The third kappa shape index (κ3) is 74.7. The van der Waals surface area contributed by atoms with Crippen molar-refractivity contribution in [1.29, 1.82) is 0 Å². The van der Waals surface area contributed by atoms with Crippen molar-refractivity contribution in [3.63, 3.8) is 0 Å². The first-order valence-corrected chi connectivity index (χ1v) is 42.4. The van der Waals surface area contributed by atoms with Crippen molar-refractivity contribution < 1.29 is 80.2 Å². The summed E-state index contributed by atoms with van der Waals surface area (Å²) >= 11 is 0. The van der Waals surface area contributed by atoms with Crippen LogP contribution in [0.3, 0.4) is 0 Å². The molecule has 0 aromatic rings. The van der Waals surface area contributed by atoms with Crippen LogP contribution in [0, 0.1) is 0 Å². The average molecular weight is 1490 g/mol. The number of esters is 4. The van der Waals surface area contributed by atoms with E-state index in [0.717, 1.165) is 193 Å². The number of carbonyl (C=O) groups is 4. The molecule has 590 valence electrons. The first-order valence-electron chi connectivity index (χ1n) is 39.4. The van der Waals surface area contributed by atoms with E-state index in [-0.39, 0.29) is 25.7 Å². The van der Waals surface area contributed by atoms with Crippen LogP contribution in [0.4, 0.5) is 0 Å². The standard InChI is InChI=1S/C85H138O17P2/c1-5-9-13-17-21-25-29-32-35-37-39-41-44-47-51-54-58-62-66-70-83(88)96-76-81(102-85(90)72-68-64-60-56-52-48-45-42-40-38-36-33-30-26-22-18-14-10-6-2)78-100-104(93,94)98-74-79(86)73-97-103(91,92)99-77-80(101-84(89)71-67-63-59-55-49-28-24-20-16-12-8-4)75-95-82(87)69-65-61-57-53-50-46-43-34-31-27-23-19-15-11-7-3/h9-11,13-15,20-27,32-36,39-43,47,50-51,53,79-81,86H,5-8,12,16-19,28-31,37-38,44-46,48-49,52,54-78H2,1-4H3,(H,91,92)(H,93,94)/b13-9-,14-10-,15-11-,24-20-,25-21-,26-22-,27-23-,35-32-,36-33-,41-39-,42-40-,43-34-,51-47-,53-50-. The molecule has 0 saturated carbocycles. The van der Waals surface area contributed by atoms with Gasteiger partial charge < -0.3 is 33.8 Å². The quantitative estimate of drug-likeness (QED) is 0.0169. The normalized spacial score (nSPS) is 14.8. The topological polar surface area (TPSA) is 237 Å². The van der Waals surface area contributed by atoms with E-state index >= 15 is 0 Å². The number of aliphatic hydroxyl groups is 1. The van der Waals surface area contributed by atoms with Gasteiger partial charge in [-0.15, -0.1) is 0 Å². The molecular formula is C85H138O17P2. The summed E-state index contributed by atoms with van der Waals surface area (Å²) in [5.74, 6) is -2.30. The van der Waals surface area contributed by atoms with E-state index in [1.807, 2.05) is 0 Å². The van der Waals surface area contributed by atoms with Gasteiger partial charge >= 0.3 is 39.5 Å². The predicted molar refractivity (Wildman–Crippen MR) is 426 cm³/mol. The van der Waals surface area contributed by atoms with Crippen molar-refractivity contribution in [3.8, 4) is 0 Å². The molecule has 0 radical (unpaired) electrons. The van der Waals surface area contributed by atoms with Crippen molar-refractivity contribution >= 4 is 39.5 Å². The Labute approximate surface area is 629 Å². The molecule has 0 rings (SSSR count). The SMILES string of the molecule is CC/C=C\C/C=C\C/C=C\C/C=C\C/C=C\CCCCCC(=O)OCC(COP(=O)(O)OCC(O)COP(=O)(O)OCC(COC(=O)CCCC/C=C\C/C=C\C/C=C\C/C=C\CC)OC(=O)CCCCCCC/C=C\CCCC)OC(=O)CCCCCCCC/C=C\C/C=C\C/C=C\C/C=C\CC. The lowest BCUT2D eigenvalue weighted by atomic mass is 10.1. The molecule has 0 fully saturated rings. The van der Waals surface area contributed by atoms with Gasteiger partial charge in [-0.1, -0.05) is 262 Å². The second kappa shape index (κ2) is 75.6. The Hall–Kier alpha value is -5.58. The number of hydrogen-bond acceptors (Lipinski definition) is 15. The third-order valence-electron chi connectivity index (χ3n) is 15.7. The Kier molecular flexibility index (Phi) is 71.6. The molecule has 0 aliphatic carbocycles.